The molecule has 2 aromatic rings. The largest absolute Gasteiger partial charge is 0.306 e. The van der Waals surface area contributed by atoms with Crippen molar-refractivity contribution in [2.24, 2.45) is 0 Å². The Balaban J connectivity index is 2.04. The molecule has 0 radical (unpaired) electrons. The molecule has 17 heavy (non-hydrogen) atoms. The van der Waals surface area contributed by atoms with Gasteiger partial charge in [0.25, 0.3) is 0 Å². The lowest BCUT2D eigenvalue weighted by atomic mass is 10.1. The van der Waals surface area contributed by atoms with E-state index in [4.69, 9.17) is 0 Å². The molecule has 0 unspecified atom stereocenters. The number of hydrogen-bond acceptors (Lipinski definition) is 4. The van der Waals surface area contributed by atoms with Crippen molar-refractivity contribution >= 4 is 0 Å². The molecule has 0 fully saturated rings. The highest BCUT2D eigenvalue weighted by molar-refractivity contribution is 5.17. The van der Waals surface area contributed by atoms with Gasteiger partial charge in [0, 0.05) is 24.5 Å². The topological polar surface area (TPSA) is 55.6 Å². The lowest BCUT2D eigenvalue weighted by Crippen LogP contribution is -2.35. The number of nitrogens with zero attached hydrogens (tertiary/aromatic N) is 4. The Kier molecular flexibility index (Phi) is 3.19. The van der Waals surface area contributed by atoms with Crippen LogP contribution < -0.4 is 5.32 Å². The van der Waals surface area contributed by atoms with Crippen LogP contribution in [0.25, 0.3) is 5.82 Å². The van der Waals surface area contributed by atoms with Gasteiger partial charge in [0.05, 0.1) is 18.1 Å². The van der Waals surface area contributed by atoms with Crippen molar-refractivity contribution in [1.29, 1.82) is 0 Å². The van der Waals surface area contributed by atoms with Gasteiger partial charge in [0.1, 0.15) is 0 Å². The second-order valence-electron chi connectivity index (χ2n) is 4.92. The van der Waals surface area contributed by atoms with Crippen molar-refractivity contribution in [2.75, 3.05) is 0 Å². The fourth-order valence-electron chi connectivity index (χ4n) is 1.32. The van der Waals surface area contributed by atoms with Gasteiger partial charge >= 0.3 is 0 Å². The second-order valence-corrected chi connectivity index (χ2v) is 4.92. The third kappa shape index (κ3) is 3.35. The van der Waals surface area contributed by atoms with Crippen LogP contribution in [-0.4, -0.2) is 25.3 Å². The molecule has 2 aromatic heterocycles. The van der Waals surface area contributed by atoms with E-state index in [1.807, 2.05) is 12.3 Å². The fourth-order valence-corrected chi connectivity index (χ4v) is 1.32. The van der Waals surface area contributed by atoms with Crippen LogP contribution in [0, 0.1) is 0 Å². The molecule has 5 nitrogen and oxygen atoms in total. The maximum Gasteiger partial charge on any atom is 0.171 e. The molecule has 2 heterocycles. The molecular formula is C12H17N5. The molecule has 0 saturated carbocycles. The fraction of sp³-hybridized carbons (Fsp3) is 0.417. The Morgan fingerprint density at radius 2 is 2.06 bits per heavy atom. The molecule has 1 N–H and O–H groups in total. The number of rotatable bonds is 3. The van der Waals surface area contributed by atoms with E-state index in [2.05, 4.69) is 41.2 Å². The summed E-state index contributed by atoms with van der Waals surface area (Å²) in [5.41, 5.74) is 1.01. The van der Waals surface area contributed by atoms with E-state index in [0.717, 1.165) is 18.1 Å². The summed E-state index contributed by atoms with van der Waals surface area (Å²) in [6.45, 7) is 7.09. The average Bonchev–Trinajstić information content (AvgIpc) is 2.79. The van der Waals surface area contributed by atoms with Crippen LogP contribution in [0.2, 0.25) is 0 Å². The predicted molar refractivity (Wildman–Crippen MR) is 65.7 cm³/mol. The zero-order valence-electron chi connectivity index (χ0n) is 10.4. The zero-order chi connectivity index (χ0) is 12.3. The normalized spacial score (nSPS) is 11.7. The minimum atomic E-state index is 0.0856. The van der Waals surface area contributed by atoms with E-state index < -0.39 is 0 Å². The average molecular weight is 231 g/mol. The van der Waals surface area contributed by atoms with Crippen LogP contribution >= 0.6 is 0 Å². The quantitative estimate of drug-likeness (QED) is 0.870. The Morgan fingerprint density at radius 3 is 2.59 bits per heavy atom. The van der Waals surface area contributed by atoms with Gasteiger partial charge in [-0.3, -0.25) is 4.98 Å². The molecule has 0 spiro atoms. The van der Waals surface area contributed by atoms with E-state index >= 15 is 0 Å². The van der Waals surface area contributed by atoms with E-state index in [1.54, 1.807) is 23.3 Å². The first-order chi connectivity index (χ1) is 8.04. The molecule has 90 valence electrons. The van der Waals surface area contributed by atoms with Crippen molar-refractivity contribution in [2.45, 2.75) is 32.9 Å². The highest BCUT2D eigenvalue weighted by Crippen LogP contribution is 2.03. The molecule has 0 atom stereocenters. The van der Waals surface area contributed by atoms with Gasteiger partial charge in [0.15, 0.2) is 5.82 Å². The highest BCUT2D eigenvalue weighted by Gasteiger charge is 2.09. The van der Waals surface area contributed by atoms with Crippen LogP contribution in [0.4, 0.5) is 0 Å². The summed E-state index contributed by atoms with van der Waals surface area (Å²) >= 11 is 0. The number of hydrogen-bond donors (Lipinski definition) is 1. The maximum absolute atomic E-state index is 4.35. The summed E-state index contributed by atoms with van der Waals surface area (Å²) < 4.78 is 1.69. The first kappa shape index (κ1) is 11.7. The molecule has 0 amide bonds. The van der Waals surface area contributed by atoms with Crippen molar-refractivity contribution in [3.63, 3.8) is 0 Å². The van der Waals surface area contributed by atoms with Crippen LogP contribution in [0.3, 0.4) is 0 Å². The molecule has 0 aliphatic carbocycles. The smallest absolute Gasteiger partial charge is 0.171 e. The van der Waals surface area contributed by atoms with Gasteiger partial charge in [-0.15, -0.1) is 0 Å². The summed E-state index contributed by atoms with van der Waals surface area (Å²) in [6, 6.07) is 1.86. The Bertz CT molecular complexity index is 453. The van der Waals surface area contributed by atoms with Gasteiger partial charge in [-0.05, 0) is 26.8 Å². The molecule has 5 heteroatoms. The first-order valence-electron chi connectivity index (χ1n) is 5.60. The zero-order valence-corrected chi connectivity index (χ0v) is 10.4. The minimum Gasteiger partial charge on any atom is -0.306 e. The summed E-state index contributed by atoms with van der Waals surface area (Å²) in [7, 11) is 0. The number of aromatic nitrogens is 4. The number of nitrogens with one attached hydrogen (secondary N) is 1. The van der Waals surface area contributed by atoms with E-state index in [9.17, 15) is 0 Å². The predicted octanol–water partition coefficient (Wildman–Crippen LogP) is 1.55. The SMILES string of the molecule is CC(C)(C)NCc1cnc(-n2cccn2)cn1. The van der Waals surface area contributed by atoms with Crippen LogP contribution in [0.1, 0.15) is 26.5 Å². The van der Waals surface area contributed by atoms with E-state index in [-0.39, 0.29) is 5.54 Å². The molecule has 2 rings (SSSR count). The Hall–Kier alpha value is -1.75. The summed E-state index contributed by atoms with van der Waals surface area (Å²) in [6.07, 6.45) is 7.07. The van der Waals surface area contributed by atoms with Gasteiger partial charge in [-0.2, -0.15) is 5.10 Å². The lowest BCUT2D eigenvalue weighted by molar-refractivity contribution is 0.421. The third-order valence-corrected chi connectivity index (χ3v) is 2.23. The molecule has 0 bridgehead atoms. The molecule has 0 aliphatic rings. The molecular weight excluding hydrogens is 214 g/mol. The van der Waals surface area contributed by atoms with Gasteiger partial charge < -0.3 is 5.32 Å². The van der Waals surface area contributed by atoms with Crippen molar-refractivity contribution in [3.8, 4) is 5.82 Å². The molecule has 0 aromatic carbocycles. The van der Waals surface area contributed by atoms with Crippen LogP contribution in [-0.2, 0) is 6.54 Å². The van der Waals surface area contributed by atoms with Crippen molar-refractivity contribution < 1.29 is 0 Å². The van der Waals surface area contributed by atoms with Gasteiger partial charge in [-0.1, -0.05) is 0 Å². The lowest BCUT2D eigenvalue weighted by Gasteiger charge is -2.19. The Morgan fingerprint density at radius 1 is 1.24 bits per heavy atom. The minimum absolute atomic E-state index is 0.0856. The molecule has 0 saturated heterocycles. The summed E-state index contributed by atoms with van der Waals surface area (Å²) in [4.78, 5) is 8.67. The van der Waals surface area contributed by atoms with E-state index in [1.165, 1.54) is 0 Å². The standard InChI is InChI=1S/C12H17N5/c1-12(2,3)15-8-10-7-14-11(9-13-10)17-6-4-5-16-17/h4-7,9,15H,8H2,1-3H3. The van der Waals surface area contributed by atoms with E-state index in [0.29, 0.717) is 0 Å². The van der Waals surface area contributed by atoms with Crippen molar-refractivity contribution in [3.05, 3.63) is 36.5 Å². The first-order valence-corrected chi connectivity index (χ1v) is 5.60. The van der Waals surface area contributed by atoms with Crippen molar-refractivity contribution in [1.82, 2.24) is 25.1 Å². The van der Waals surface area contributed by atoms with Crippen LogP contribution in [0.15, 0.2) is 30.9 Å². The second kappa shape index (κ2) is 4.63. The molecule has 0 aliphatic heterocycles. The van der Waals surface area contributed by atoms with Gasteiger partial charge in [0.2, 0.25) is 0 Å². The van der Waals surface area contributed by atoms with Crippen LogP contribution in [0.5, 0.6) is 0 Å². The van der Waals surface area contributed by atoms with Gasteiger partial charge in [-0.25, -0.2) is 9.67 Å². The monoisotopic (exact) mass is 231 g/mol. The Labute approximate surface area is 101 Å². The third-order valence-electron chi connectivity index (χ3n) is 2.23. The maximum atomic E-state index is 4.35. The highest BCUT2D eigenvalue weighted by atomic mass is 15.3. The summed E-state index contributed by atoms with van der Waals surface area (Å²) in [5.74, 6) is 0.731. The summed E-state index contributed by atoms with van der Waals surface area (Å²) in [5, 5.41) is 7.47.